The number of aryl methyl sites for hydroxylation is 2. The highest BCUT2D eigenvalue weighted by molar-refractivity contribution is 8.00. The molecular formula is C22H21N7O2S2. The summed E-state index contributed by atoms with van der Waals surface area (Å²) in [5.74, 6) is 3.10. The summed E-state index contributed by atoms with van der Waals surface area (Å²) in [6.45, 7) is 1.94. The minimum absolute atomic E-state index is 0.526. The van der Waals surface area contributed by atoms with Crippen LogP contribution in [0.25, 0.3) is 16.5 Å². The van der Waals surface area contributed by atoms with Crippen molar-refractivity contribution in [2.75, 3.05) is 24.7 Å². The van der Waals surface area contributed by atoms with Crippen molar-refractivity contribution in [3.8, 4) is 34.1 Å². The van der Waals surface area contributed by atoms with E-state index in [1.807, 2.05) is 41.1 Å². The molecule has 3 aromatic heterocycles. The highest BCUT2D eigenvalue weighted by Crippen LogP contribution is 2.38. The molecule has 0 radical (unpaired) electrons. The smallest absolute Gasteiger partial charge is 0.239 e. The van der Waals surface area contributed by atoms with Gasteiger partial charge in [-0.3, -0.25) is 14.3 Å². The van der Waals surface area contributed by atoms with Crippen LogP contribution in [-0.2, 0) is 6.42 Å². The van der Waals surface area contributed by atoms with Crippen LogP contribution in [0.15, 0.2) is 41.9 Å². The third-order valence-electron chi connectivity index (χ3n) is 4.68. The monoisotopic (exact) mass is 479 g/mol. The van der Waals surface area contributed by atoms with Crippen molar-refractivity contribution in [2.45, 2.75) is 13.3 Å². The van der Waals surface area contributed by atoms with Gasteiger partial charge >= 0.3 is 0 Å². The van der Waals surface area contributed by atoms with E-state index in [2.05, 4.69) is 31.0 Å². The van der Waals surface area contributed by atoms with Crippen molar-refractivity contribution >= 4 is 29.2 Å². The normalized spacial score (nSPS) is 10.6. The lowest BCUT2D eigenvalue weighted by molar-refractivity contribution is 0.391. The average molecular weight is 480 g/mol. The topological polar surface area (TPSA) is 111 Å². The molecule has 0 fully saturated rings. The molecule has 168 valence electrons. The van der Waals surface area contributed by atoms with Crippen LogP contribution < -0.4 is 14.2 Å². The lowest BCUT2D eigenvalue weighted by atomic mass is 10.2. The molecule has 0 spiro atoms. The summed E-state index contributed by atoms with van der Waals surface area (Å²) in [6.07, 6.45) is 2.31. The largest absolute Gasteiger partial charge is 0.494 e. The Morgan fingerprint density at radius 1 is 1.15 bits per heavy atom. The molecule has 0 unspecified atom stereocenters. The number of hydrogen-bond donors (Lipinski definition) is 1. The maximum absolute atomic E-state index is 8.91. The molecule has 33 heavy (non-hydrogen) atoms. The first-order valence-corrected chi connectivity index (χ1v) is 11.8. The summed E-state index contributed by atoms with van der Waals surface area (Å²) in [7, 11) is 3.23. The van der Waals surface area contributed by atoms with Crippen LogP contribution in [0.3, 0.4) is 0 Å². The van der Waals surface area contributed by atoms with Crippen molar-refractivity contribution < 1.29 is 9.47 Å². The molecule has 4 aromatic rings. The van der Waals surface area contributed by atoms with E-state index in [-0.39, 0.29) is 0 Å². The van der Waals surface area contributed by atoms with Crippen molar-refractivity contribution in [1.29, 1.82) is 5.26 Å². The number of nitrogens with one attached hydrogen (secondary N) is 1. The van der Waals surface area contributed by atoms with Gasteiger partial charge in [0.25, 0.3) is 0 Å². The molecule has 11 heteroatoms. The van der Waals surface area contributed by atoms with Crippen LogP contribution in [0.2, 0.25) is 0 Å². The first-order chi connectivity index (χ1) is 16.1. The summed E-state index contributed by atoms with van der Waals surface area (Å²) in [4.78, 5) is 8.90. The number of rotatable bonds is 9. The van der Waals surface area contributed by atoms with Crippen molar-refractivity contribution in [3.63, 3.8) is 0 Å². The van der Waals surface area contributed by atoms with E-state index in [1.165, 1.54) is 23.3 Å². The minimum Gasteiger partial charge on any atom is -0.494 e. The van der Waals surface area contributed by atoms with Crippen LogP contribution in [0.1, 0.15) is 17.0 Å². The van der Waals surface area contributed by atoms with E-state index in [9.17, 15) is 0 Å². The molecule has 0 saturated carbocycles. The van der Waals surface area contributed by atoms with Gasteiger partial charge in [-0.1, -0.05) is 6.07 Å². The van der Waals surface area contributed by atoms with Crippen molar-refractivity contribution in [2.24, 2.45) is 0 Å². The fourth-order valence-corrected chi connectivity index (χ4v) is 4.56. The quantitative estimate of drug-likeness (QED) is 0.278. The van der Waals surface area contributed by atoms with Gasteiger partial charge in [-0.15, -0.1) is 21.5 Å². The SMILES string of the molecule is COc1cccc(OC)c1-n1c(NSCCc2ccc(C#N)cn2)nnc1-c1nc(C)cs1. The van der Waals surface area contributed by atoms with E-state index in [1.54, 1.807) is 26.5 Å². The van der Waals surface area contributed by atoms with Gasteiger partial charge < -0.3 is 9.47 Å². The van der Waals surface area contributed by atoms with Crippen LogP contribution in [0, 0.1) is 18.3 Å². The number of para-hydroxylation sites is 1. The predicted molar refractivity (Wildman–Crippen MR) is 129 cm³/mol. The van der Waals surface area contributed by atoms with Gasteiger partial charge in [-0.25, -0.2) is 4.98 Å². The molecule has 0 aliphatic heterocycles. The standard InChI is InChI=1S/C22H21N7O2S2/c1-14-13-32-21(25-14)20-26-27-22(28-33-10-9-16-8-7-15(11-23)12-24-16)29(20)19-17(30-2)5-4-6-18(19)31-3/h4-8,12-13H,9-10H2,1-3H3,(H,27,28). The maximum Gasteiger partial charge on any atom is 0.239 e. The molecular weight excluding hydrogens is 458 g/mol. The van der Waals surface area contributed by atoms with Gasteiger partial charge in [0.2, 0.25) is 5.95 Å². The molecule has 3 heterocycles. The van der Waals surface area contributed by atoms with Gasteiger partial charge in [-0.2, -0.15) is 5.26 Å². The Morgan fingerprint density at radius 3 is 2.55 bits per heavy atom. The Labute approximate surface area is 199 Å². The summed E-state index contributed by atoms with van der Waals surface area (Å²) in [5, 5.41) is 20.4. The molecule has 0 saturated heterocycles. The van der Waals surface area contributed by atoms with Crippen molar-refractivity contribution in [3.05, 3.63) is 58.9 Å². The predicted octanol–water partition coefficient (Wildman–Crippen LogP) is 4.29. The van der Waals surface area contributed by atoms with Crippen molar-refractivity contribution in [1.82, 2.24) is 24.7 Å². The summed E-state index contributed by atoms with van der Waals surface area (Å²) in [6, 6.07) is 11.3. The zero-order chi connectivity index (χ0) is 23.2. The zero-order valence-corrected chi connectivity index (χ0v) is 19.9. The lowest BCUT2D eigenvalue weighted by Gasteiger charge is -2.16. The van der Waals surface area contributed by atoms with Crippen LogP contribution in [-0.4, -0.2) is 44.7 Å². The van der Waals surface area contributed by atoms with Gasteiger partial charge in [0, 0.05) is 35.1 Å². The molecule has 0 aliphatic carbocycles. The zero-order valence-electron chi connectivity index (χ0n) is 18.3. The molecule has 0 amide bonds. The Morgan fingerprint density at radius 2 is 1.94 bits per heavy atom. The third kappa shape index (κ3) is 4.92. The molecule has 0 aliphatic rings. The Bertz CT molecular complexity index is 1260. The highest BCUT2D eigenvalue weighted by atomic mass is 32.2. The first kappa shape index (κ1) is 22.6. The number of aromatic nitrogens is 5. The number of nitriles is 1. The lowest BCUT2D eigenvalue weighted by Crippen LogP contribution is -2.07. The number of nitrogens with zero attached hydrogens (tertiary/aromatic N) is 6. The average Bonchev–Trinajstić information content (AvgIpc) is 3.47. The minimum atomic E-state index is 0.526. The second kappa shape index (κ2) is 10.3. The number of hydrogen-bond acceptors (Lipinski definition) is 10. The highest BCUT2D eigenvalue weighted by Gasteiger charge is 2.23. The van der Waals surface area contributed by atoms with Crippen LogP contribution >= 0.6 is 23.3 Å². The molecule has 0 bridgehead atoms. The summed E-state index contributed by atoms with van der Waals surface area (Å²) in [5.41, 5.74) is 3.06. The van der Waals surface area contributed by atoms with Crippen LogP contribution in [0.4, 0.5) is 5.95 Å². The maximum atomic E-state index is 8.91. The number of methoxy groups -OCH3 is 2. The second-order valence-corrected chi connectivity index (χ2v) is 8.60. The van der Waals surface area contributed by atoms with E-state index in [4.69, 9.17) is 14.7 Å². The number of ether oxygens (including phenoxy) is 2. The van der Waals surface area contributed by atoms with Gasteiger partial charge in [0.15, 0.2) is 10.8 Å². The molecule has 1 N–H and O–H groups in total. The number of anilines is 1. The van der Waals surface area contributed by atoms with Gasteiger partial charge in [-0.05, 0) is 43.1 Å². The Kier molecular flexibility index (Phi) is 7.07. The third-order valence-corrected chi connectivity index (χ3v) is 6.37. The van der Waals surface area contributed by atoms with Gasteiger partial charge in [0.1, 0.15) is 23.3 Å². The Balaban J connectivity index is 1.62. The first-order valence-electron chi connectivity index (χ1n) is 9.96. The number of benzene rings is 1. The van der Waals surface area contributed by atoms with E-state index in [0.29, 0.717) is 34.5 Å². The molecule has 0 atom stereocenters. The Hall–Kier alpha value is -3.62. The fourth-order valence-electron chi connectivity index (χ4n) is 3.12. The number of thiazole rings is 1. The summed E-state index contributed by atoms with van der Waals surface area (Å²) < 4.78 is 16.4. The molecule has 4 rings (SSSR count). The molecule has 1 aromatic carbocycles. The number of pyridine rings is 1. The van der Waals surface area contributed by atoms with E-state index < -0.39 is 0 Å². The van der Waals surface area contributed by atoms with Crippen LogP contribution in [0.5, 0.6) is 11.5 Å². The van der Waals surface area contributed by atoms with E-state index in [0.717, 1.165) is 28.6 Å². The molecule has 9 nitrogen and oxygen atoms in total. The van der Waals surface area contributed by atoms with Gasteiger partial charge in [0.05, 0.1) is 19.8 Å². The summed E-state index contributed by atoms with van der Waals surface area (Å²) >= 11 is 2.98. The second-order valence-electron chi connectivity index (χ2n) is 6.84. The fraction of sp³-hybridized carbons (Fsp3) is 0.227. The van der Waals surface area contributed by atoms with E-state index >= 15 is 0 Å².